The Bertz CT molecular complexity index is 80.2. The molecule has 0 saturated heterocycles. The van der Waals surface area contributed by atoms with E-state index in [0.29, 0.717) is 6.41 Å². The van der Waals surface area contributed by atoms with Crippen LogP contribution in [0.5, 0.6) is 0 Å². The summed E-state index contributed by atoms with van der Waals surface area (Å²) in [5.74, 6) is 4.88. The molecule has 0 aromatic rings. The Labute approximate surface area is 41.4 Å². The Morgan fingerprint density at radius 1 is 1.57 bits per heavy atom. The van der Waals surface area contributed by atoms with E-state index >= 15 is 0 Å². The summed E-state index contributed by atoms with van der Waals surface area (Å²) in [6.45, 7) is 0. The van der Waals surface area contributed by atoms with E-state index in [4.69, 9.17) is 11.6 Å². The average Bonchev–Trinajstić information content (AvgIpc) is 1.68. The quantitative estimate of drug-likeness (QED) is 0.197. The van der Waals surface area contributed by atoms with Gasteiger partial charge >= 0.3 is 0 Å². The van der Waals surface area contributed by atoms with Gasteiger partial charge in [0.1, 0.15) is 0 Å². The fourth-order valence-electron chi connectivity index (χ4n) is 0.135. The molecule has 0 aromatic heterocycles. The van der Waals surface area contributed by atoms with Crippen molar-refractivity contribution in [1.82, 2.24) is 5.01 Å². The van der Waals surface area contributed by atoms with Gasteiger partial charge in [-0.2, -0.15) is 0 Å². The van der Waals surface area contributed by atoms with Crippen LogP contribution in [0.1, 0.15) is 0 Å². The van der Waals surface area contributed by atoms with E-state index in [-0.39, 0.29) is 0 Å². The zero-order chi connectivity index (χ0) is 5.70. The van der Waals surface area contributed by atoms with Crippen molar-refractivity contribution < 1.29 is 4.79 Å². The highest BCUT2D eigenvalue weighted by Crippen LogP contribution is 1.64. The van der Waals surface area contributed by atoms with Gasteiger partial charge < -0.3 is 5.73 Å². The van der Waals surface area contributed by atoms with E-state index in [0.717, 1.165) is 5.01 Å². The predicted molar refractivity (Wildman–Crippen MR) is 25.4 cm³/mol. The summed E-state index contributed by atoms with van der Waals surface area (Å²) in [5, 5.41) is 0.819. The van der Waals surface area contributed by atoms with Crippen molar-refractivity contribution in [1.29, 1.82) is 0 Å². The SMILES string of the molecule is N/C=C\N(N)C=O. The third-order valence-electron chi connectivity index (χ3n) is 0.380. The highest BCUT2D eigenvalue weighted by molar-refractivity contribution is 5.47. The highest BCUT2D eigenvalue weighted by Gasteiger charge is 1.77. The standard InChI is InChI=1S/C3H7N3O/c4-1-2-6(5)3-7/h1-3H,4-5H2/b2-1-. The second kappa shape index (κ2) is 3.17. The monoisotopic (exact) mass is 101 g/mol. The molecule has 0 rings (SSSR count). The molecule has 4 N–H and O–H groups in total. The lowest BCUT2D eigenvalue weighted by Gasteiger charge is -1.97. The molecule has 1 amide bonds. The largest absolute Gasteiger partial charge is 0.403 e. The second-order valence-corrected chi connectivity index (χ2v) is 0.894. The van der Waals surface area contributed by atoms with Crippen molar-refractivity contribution >= 4 is 6.41 Å². The summed E-state index contributed by atoms with van der Waals surface area (Å²) in [6.07, 6.45) is 2.87. The Morgan fingerprint density at radius 2 is 2.14 bits per heavy atom. The van der Waals surface area contributed by atoms with Crippen LogP contribution in [-0.4, -0.2) is 11.4 Å². The van der Waals surface area contributed by atoms with Gasteiger partial charge in [-0.05, 0) is 0 Å². The molecule has 7 heavy (non-hydrogen) atoms. The lowest BCUT2D eigenvalue weighted by atomic mass is 10.9. The van der Waals surface area contributed by atoms with Gasteiger partial charge in [-0.3, -0.25) is 9.80 Å². The van der Waals surface area contributed by atoms with Crippen LogP contribution in [0.3, 0.4) is 0 Å². The molecule has 0 atom stereocenters. The number of amides is 1. The molecule has 0 radical (unpaired) electrons. The molecular formula is C3H7N3O. The van der Waals surface area contributed by atoms with E-state index in [2.05, 4.69) is 0 Å². The van der Waals surface area contributed by atoms with Gasteiger partial charge in [-0.25, -0.2) is 5.84 Å². The fraction of sp³-hybridized carbons (Fsp3) is 0. The minimum atomic E-state index is 0.448. The number of hydrogen-bond donors (Lipinski definition) is 2. The van der Waals surface area contributed by atoms with Crippen molar-refractivity contribution in [3.8, 4) is 0 Å². The van der Waals surface area contributed by atoms with E-state index in [1.807, 2.05) is 0 Å². The topological polar surface area (TPSA) is 72.3 Å². The molecule has 0 saturated carbocycles. The highest BCUT2D eigenvalue weighted by atomic mass is 16.1. The Kier molecular flexibility index (Phi) is 2.70. The van der Waals surface area contributed by atoms with Crippen LogP contribution >= 0.6 is 0 Å². The molecule has 0 aliphatic heterocycles. The number of rotatable bonds is 2. The summed E-state index contributed by atoms with van der Waals surface area (Å²) in [6, 6.07) is 0. The average molecular weight is 101 g/mol. The van der Waals surface area contributed by atoms with Crippen molar-refractivity contribution in [2.24, 2.45) is 11.6 Å². The minimum Gasteiger partial charge on any atom is -0.403 e. The molecular weight excluding hydrogens is 94.1 g/mol. The van der Waals surface area contributed by atoms with E-state index in [1.165, 1.54) is 12.4 Å². The first-order valence-corrected chi connectivity index (χ1v) is 1.68. The van der Waals surface area contributed by atoms with Crippen LogP contribution in [0.4, 0.5) is 0 Å². The fourth-order valence-corrected chi connectivity index (χ4v) is 0.135. The first-order valence-electron chi connectivity index (χ1n) is 1.68. The Balaban J connectivity index is 3.35. The molecule has 0 bridgehead atoms. The molecule has 0 aliphatic carbocycles. The molecule has 4 heteroatoms. The number of carbonyl (C=O) groups excluding carboxylic acids is 1. The number of carbonyl (C=O) groups is 1. The van der Waals surface area contributed by atoms with Gasteiger partial charge in [0.25, 0.3) is 0 Å². The maximum Gasteiger partial charge on any atom is 0.227 e. The lowest BCUT2D eigenvalue weighted by molar-refractivity contribution is -0.116. The number of nitrogens with two attached hydrogens (primary N) is 2. The molecule has 4 nitrogen and oxygen atoms in total. The number of hydrazine groups is 1. The maximum absolute atomic E-state index is 9.59. The third kappa shape index (κ3) is 2.78. The van der Waals surface area contributed by atoms with Gasteiger partial charge in [-0.1, -0.05) is 0 Å². The van der Waals surface area contributed by atoms with Gasteiger partial charge in [0.05, 0.1) is 0 Å². The minimum absolute atomic E-state index is 0.448. The van der Waals surface area contributed by atoms with E-state index in [1.54, 1.807) is 0 Å². The first-order chi connectivity index (χ1) is 3.31. The van der Waals surface area contributed by atoms with Crippen molar-refractivity contribution in [3.63, 3.8) is 0 Å². The molecule has 0 heterocycles. The van der Waals surface area contributed by atoms with E-state index < -0.39 is 0 Å². The van der Waals surface area contributed by atoms with Crippen LogP contribution in [0.25, 0.3) is 0 Å². The second-order valence-electron chi connectivity index (χ2n) is 0.894. The van der Waals surface area contributed by atoms with E-state index in [9.17, 15) is 4.79 Å². The molecule has 40 valence electrons. The van der Waals surface area contributed by atoms with Crippen molar-refractivity contribution in [2.45, 2.75) is 0 Å². The van der Waals surface area contributed by atoms with Crippen LogP contribution in [0.2, 0.25) is 0 Å². The van der Waals surface area contributed by atoms with Gasteiger partial charge in [0.2, 0.25) is 6.41 Å². The number of nitrogens with zero attached hydrogens (tertiary/aromatic N) is 1. The van der Waals surface area contributed by atoms with Crippen LogP contribution < -0.4 is 11.6 Å². The smallest absolute Gasteiger partial charge is 0.227 e. The zero-order valence-electron chi connectivity index (χ0n) is 3.74. The first kappa shape index (κ1) is 5.97. The Hall–Kier alpha value is -1.03. The van der Waals surface area contributed by atoms with Crippen molar-refractivity contribution in [3.05, 3.63) is 12.4 Å². The van der Waals surface area contributed by atoms with Crippen LogP contribution in [0, 0.1) is 0 Å². The number of hydrogen-bond acceptors (Lipinski definition) is 3. The summed E-state index contributed by atoms with van der Waals surface area (Å²) < 4.78 is 0. The normalized spacial score (nSPS) is 9.29. The molecule has 0 fully saturated rings. The maximum atomic E-state index is 9.59. The van der Waals surface area contributed by atoms with Crippen LogP contribution in [0.15, 0.2) is 12.4 Å². The predicted octanol–water partition coefficient (Wildman–Crippen LogP) is -1.25. The third-order valence-corrected chi connectivity index (χ3v) is 0.380. The molecule has 0 aromatic carbocycles. The summed E-state index contributed by atoms with van der Waals surface area (Å²) >= 11 is 0. The van der Waals surface area contributed by atoms with Crippen LogP contribution in [-0.2, 0) is 4.79 Å². The van der Waals surface area contributed by atoms with Gasteiger partial charge in [0.15, 0.2) is 0 Å². The summed E-state index contributed by atoms with van der Waals surface area (Å²) in [4.78, 5) is 9.59. The van der Waals surface area contributed by atoms with Crippen molar-refractivity contribution in [2.75, 3.05) is 0 Å². The molecule has 0 aliphatic rings. The Morgan fingerprint density at radius 3 is 2.29 bits per heavy atom. The lowest BCUT2D eigenvalue weighted by Crippen LogP contribution is -2.22. The summed E-state index contributed by atoms with van der Waals surface area (Å²) in [7, 11) is 0. The van der Waals surface area contributed by atoms with Gasteiger partial charge in [-0.15, -0.1) is 0 Å². The zero-order valence-corrected chi connectivity index (χ0v) is 3.74. The molecule has 0 unspecified atom stereocenters. The summed E-state index contributed by atoms with van der Waals surface area (Å²) in [5.41, 5.74) is 4.84. The molecule has 0 spiro atoms. The van der Waals surface area contributed by atoms with Gasteiger partial charge in [0, 0.05) is 12.4 Å².